The highest BCUT2D eigenvalue weighted by atomic mass is 32.1. The van der Waals surface area contributed by atoms with Crippen molar-refractivity contribution in [2.75, 3.05) is 6.54 Å². The van der Waals surface area contributed by atoms with Gasteiger partial charge in [0.15, 0.2) is 0 Å². The zero-order chi connectivity index (χ0) is 14.6. The number of hydrogen-bond acceptors (Lipinski definition) is 5. The summed E-state index contributed by atoms with van der Waals surface area (Å²) in [4.78, 5) is 5.66. The normalized spacial score (nSPS) is 14.7. The van der Waals surface area contributed by atoms with Crippen LogP contribution in [0.2, 0.25) is 0 Å². The van der Waals surface area contributed by atoms with Gasteiger partial charge in [0.05, 0.1) is 10.6 Å². The molecule has 0 aliphatic carbocycles. The van der Waals surface area contributed by atoms with Crippen LogP contribution >= 0.6 is 22.7 Å². The summed E-state index contributed by atoms with van der Waals surface area (Å²) in [5.41, 5.74) is 0.158. The van der Waals surface area contributed by atoms with E-state index in [4.69, 9.17) is 0 Å². The summed E-state index contributed by atoms with van der Waals surface area (Å²) < 4.78 is 0. The Bertz CT molecular complexity index is 518. The first-order chi connectivity index (χ1) is 9.47. The molecule has 5 heteroatoms. The molecule has 1 atom stereocenters. The maximum atomic E-state index is 10.4. The van der Waals surface area contributed by atoms with E-state index in [1.54, 1.807) is 22.7 Å². The van der Waals surface area contributed by atoms with Crippen LogP contribution in [0, 0.1) is 5.92 Å². The van der Waals surface area contributed by atoms with E-state index in [0.717, 1.165) is 18.5 Å². The van der Waals surface area contributed by atoms with Gasteiger partial charge in [-0.1, -0.05) is 13.8 Å². The molecule has 2 rings (SSSR count). The Balaban J connectivity index is 1.82. The maximum Gasteiger partial charge on any atom is 0.1000 e. The monoisotopic (exact) mass is 310 g/mol. The van der Waals surface area contributed by atoms with Crippen LogP contribution in [0.25, 0.3) is 0 Å². The quantitative estimate of drug-likeness (QED) is 0.824. The van der Waals surface area contributed by atoms with Crippen LogP contribution in [-0.2, 0) is 18.6 Å². The highest BCUT2D eigenvalue weighted by Crippen LogP contribution is 2.22. The lowest BCUT2D eigenvalue weighted by Crippen LogP contribution is -2.34. The molecule has 2 aromatic heterocycles. The summed E-state index contributed by atoms with van der Waals surface area (Å²) in [5, 5.41) is 18.9. The zero-order valence-corrected chi connectivity index (χ0v) is 13.9. The lowest BCUT2D eigenvalue weighted by molar-refractivity contribution is 0.0572. The molecule has 0 radical (unpaired) electrons. The molecule has 2 heterocycles. The number of aromatic nitrogens is 1. The average Bonchev–Trinajstić information content (AvgIpc) is 2.99. The summed E-state index contributed by atoms with van der Waals surface area (Å²) in [6.45, 7) is 7.56. The molecule has 0 amide bonds. The molecule has 0 saturated carbocycles. The first-order valence-electron chi connectivity index (χ1n) is 6.87. The Morgan fingerprint density at radius 2 is 2.25 bits per heavy atom. The van der Waals surface area contributed by atoms with Gasteiger partial charge in [-0.25, -0.2) is 4.98 Å². The standard InChI is InChI=1S/C15H22N2OS2/c1-11(2)6-14-17-8-13(20-14)7-16-10-15(3,18)12-4-5-19-9-12/h4-5,8-9,11,16,18H,6-7,10H2,1-3H3. The van der Waals surface area contributed by atoms with Crippen molar-refractivity contribution in [1.29, 1.82) is 0 Å². The number of nitrogens with one attached hydrogen (secondary N) is 1. The molecule has 1 unspecified atom stereocenters. The summed E-state index contributed by atoms with van der Waals surface area (Å²) in [7, 11) is 0. The van der Waals surface area contributed by atoms with Crippen LogP contribution in [0.4, 0.5) is 0 Å². The largest absolute Gasteiger partial charge is 0.384 e. The van der Waals surface area contributed by atoms with Crippen molar-refractivity contribution in [3.63, 3.8) is 0 Å². The van der Waals surface area contributed by atoms with Crippen LogP contribution in [0.3, 0.4) is 0 Å². The molecule has 0 saturated heterocycles. The fourth-order valence-corrected chi connectivity index (χ4v) is 3.86. The van der Waals surface area contributed by atoms with E-state index in [1.165, 1.54) is 9.88 Å². The van der Waals surface area contributed by atoms with Crippen LogP contribution in [-0.4, -0.2) is 16.6 Å². The Morgan fingerprint density at radius 1 is 1.45 bits per heavy atom. The number of aliphatic hydroxyl groups is 1. The van der Waals surface area contributed by atoms with Gasteiger partial charge in [-0.2, -0.15) is 11.3 Å². The van der Waals surface area contributed by atoms with E-state index in [2.05, 4.69) is 24.1 Å². The highest BCUT2D eigenvalue weighted by molar-refractivity contribution is 7.11. The van der Waals surface area contributed by atoms with Gasteiger partial charge in [-0.3, -0.25) is 0 Å². The molecular formula is C15H22N2OS2. The van der Waals surface area contributed by atoms with Gasteiger partial charge in [0.2, 0.25) is 0 Å². The molecule has 2 aromatic rings. The van der Waals surface area contributed by atoms with Gasteiger partial charge in [0.25, 0.3) is 0 Å². The number of rotatable bonds is 7. The van der Waals surface area contributed by atoms with Crippen molar-refractivity contribution in [2.45, 2.75) is 39.3 Å². The SMILES string of the molecule is CC(C)Cc1ncc(CNCC(C)(O)c2ccsc2)s1. The Hall–Kier alpha value is -0.750. The fraction of sp³-hybridized carbons (Fsp3) is 0.533. The molecule has 110 valence electrons. The van der Waals surface area contributed by atoms with E-state index in [1.807, 2.05) is 29.9 Å². The van der Waals surface area contributed by atoms with E-state index in [9.17, 15) is 5.11 Å². The second-order valence-corrected chi connectivity index (χ2v) is 7.69. The topological polar surface area (TPSA) is 45.2 Å². The van der Waals surface area contributed by atoms with Crippen LogP contribution in [0.5, 0.6) is 0 Å². The number of nitrogens with zero attached hydrogens (tertiary/aromatic N) is 1. The van der Waals surface area contributed by atoms with Crippen molar-refractivity contribution in [3.05, 3.63) is 38.5 Å². The number of thiophene rings is 1. The molecule has 0 spiro atoms. The molecule has 0 aliphatic heterocycles. The van der Waals surface area contributed by atoms with Gasteiger partial charge in [-0.15, -0.1) is 11.3 Å². The minimum Gasteiger partial charge on any atom is -0.384 e. The Kier molecular flexibility index (Phi) is 5.32. The second kappa shape index (κ2) is 6.80. The minimum atomic E-state index is -0.814. The molecule has 0 aromatic carbocycles. The lowest BCUT2D eigenvalue weighted by Gasteiger charge is -2.22. The zero-order valence-electron chi connectivity index (χ0n) is 12.2. The third-order valence-electron chi connectivity index (χ3n) is 3.10. The number of hydrogen-bond donors (Lipinski definition) is 2. The van der Waals surface area contributed by atoms with E-state index in [-0.39, 0.29) is 0 Å². The van der Waals surface area contributed by atoms with Gasteiger partial charge in [0.1, 0.15) is 0 Å². The van der Waals surface area contributed by atoms with Crippen LogP contribution in [0.1, 0.15) is 36.2 Å². The van der Waals surface area contributed by atoms with E-state index in [0.29, 0.717) is 12.5 Å². The summed E-state index contributed by atoms with van der Waals surface area (Å²) in [6.07, 6.45) is 2.98. The molecule has 0 aliphatic rings. The van der Waals surface area contributed by atoms with Crippen LogP contribution < -0.4 is 5.32 Å². The third kappa shape index (κ3) is 4.38. The predicted octanol–water partition coefficient (Wildman–Crippen LogP) is 3.40. The summed E-state index contributed by atoms with van der Waals surface area (Å²) in [5.74, 6) is 0.640. The highest BCUT2D eigenvalue weighted by Gasteiger charge is 2.22. The summed E-state index contributed by atoms with van der Waals surface area (Å²) >= 11 is 3.37. The van der Waals surface area contributed by atoms with Gasteiger partial charge in [0, 0.05) is 30.6 Å². The van der Waals surface area contributed by atoms with Gasteiger partial charge < -0.3 is 10.4 Å². The predicted molar refractivity (Wildman–Crippen MR) is 86.3 cm³/mol. The molecule has 0 fully saturated rings. The van der Waals surface area contributed by atoms with Crippen LogP contribution in [0.15, 0.2) is 23.0 Å². The first-order valence-corrected chi connectivity index (χ1v) is 8.62. The second-order valence-electron chi connectivity index (χ2n) is 5.71. The smallest absolute Gasteiger partial charge is 0.1000 e. The molecule has 3 nitrogen and oxygen atoms in total. The lowest BCUT2D eigenvalue weighted by atomic mass is 9.99. The van der Waals surface area contributed by atoms with Gasteiger partial charge >= 0.3 is 0 Å². The van der Waals surface area contributed by atoms with E-state index >= 15 is 0 Å². The van der Waals surface area contributed by atoms with Crippen molar-refractivity contribution < 1.29 is 5.11 Å². The van der Waals surface area contributed by atoms with Crippen molar-refractivity contribution in [1.82, 2.24) is 10.3 Å². The average molecular weight is 310 g/mol. The molecule has 0 bridgehead atoms. The summed E-state index contributed by atoms with van der Waals surface area (Å²) in [6, 6.07) is 1.97. The minimum absolute atomic E-state index is 0.543. The van der Waals surface area contributed by atoms with Gasteiger partial charge in [-0.05, 0) is 35.2 Å². The number of thiazole rings is 1. The fourth-order valence-electron chi connectivity index (χ4n) is 1.98. The molecule has 2 N–H and O–H groups in total. The molecular weight excluding hydrogens is 288 g/mol. The molecule has 20 heavy (non-hydrogen) atoms. The first kappa shape index (κ1) is 15.6. The van der Waals surface area contributed by atoms with Crippen molar-refractivity contribution >= 4 is 22.7 Å². The van der Waals surface area contributed by atoms with Crippen molar-refractivity contribution in [3.8, 4) is 0 Å². The maximum absolute atomic E-state index is 10.4. The van der Waals surface area contributed by atoms with Crippen molar-refractivity contribution in [2.24, 2.45) is 5.92 Å². The third-order valence-corrected chi connectivity index (χ3v) is 4.80. The van der Waals surface area contributed by atoms with E-state index < -0.39 is 5.60 Å². The Morgan fingerprint density at radius 3 is 2.90 bits per heavy atom. The Labute approximate surface area is 128 Å².